The van der Waals surface area contributed by atoms with Crippen LogP contribution in [0.2, 0.25) is 0 Å². The number of hydrogen-bond acceptors (Lipinski definition) is 2. The van der Waals surface area contributed by atoms with E-state index in [0.717, 1.165) is 36.0 Å². The summed E-state index contributed by atoms with van der Waals surface area (Å²) in [5, 5.41) is 4.31. The van der Waals surface area contributed by atoms with Crippen molar-refractivity contribution >= 4 is 34.8 Å². The molecular weight excluding hydrogens is 346 g/mol. The molecule has 1 heterocycles. The molecule has 2 N–H and O–H groups in total. The van der Waals surface area contributed by atoms with Crippen molar-refractivity contribution in [2.45, 2.75) is 61.9 Å². The number of nitrogens with one attached hydrogen (secondary N) is 2. The van der Waals surface area contributed by atoms with Gasteiger partial charge >= 0.3 is 0 Å². The van der Waals surface area contributed by atoms with Gasteiger partial charge < -0.3 is 15.1 Å². The molecule has 0 bridgehead atoms. The van der Waals surface area contributed by atoms with Crippen LogP contribution in [0.1, 0.15) is 44.9 Å². The number of benzene rings is 1. The Morgan fingerprint density at radius 1 is 1.12 bits per heavy atom. The highest BCUT2D eigenvalue weighted by Crippen LogP contribution is 2.20. The zero-order valence-electron chi connectivity index (χ0n) is 15.6. The molecule has 1 atom stereocenters. The van der Waals surface area contributed by atoms with Crippen molar-refractivity contribution in [1.29, 1.82) is 0 Å². The molecule has 0 radical (unpaired) electrons. The maximum atomic E-state index is 5.67. The Morgan fingerprint density at radius 2 is 1.80 bits per heavy atom. The maximum absolute atomic E-state index is 5.67. The summed E-state index contributed by atoms with van der Waals surface area (Å²) in [7, 11) is 2.43. The molecule has 3 rings (SSSR count). The molecule has 1 aliphatic heterocycles. The molecule has 1 saturated carbocycles. The van der Waals surface area contributed by atoms with E-state index in [9.17, 15) is 0 Å². The normalized spacial score (nSPS) is 21.1. The number of piperidine rings is 1. The molecular formula is C20H32N3S2+. The second kappa shape index (κ2) is 9.24. The quantitative estimate of drug-likeness (QED) is 0.618. The van der Waals surface area contributed by atoms with E-state index in [0.29, 0.717) is 0 Å². The molecule has 25 heavy (non-hydrogen) atoms. The zero-order valence-corrected chi connectivity index (χ0v) is 17.2. The van der Waals surface area contributed by atoms with Gasteiger partial charge in [0.1, 0.15) is 0 Å². The van der Waals surface area contributed by atoms with Crippen LogP contribution in [0.5, 0.6) is 0 Å². The molecule has 1 unspecified atom stereocenters. The topological polar surface area (TPSA) is 19.7 Å². The third kappa shape index (κ3) is 5.11. The fourth-order valence-corrected chi connectivity index (χ4v) is 5.09. The van der Waals surface area contributed by atoms with E-state index in [-0.39, 0.29) is 0 Å². The minimum absolute atomic E-state index is 0.807. The largest absolute Gasteiger partial charge is 0.349 e. The van der Waals surface area contributed by atoms with E-state index < -0.39 is 0 Å². The van der Waals surface area contributed by atoms with Crippen LogP contribution in [0, 0.1) is 0 Å². The lowest BCUT2D eigenvalue weighted by Crippen LogP contribution is -3.17. The van der Waals surface area contributed by atoms with Crippen LogP contribution in [0.3, 0.4) is 0 Å². The summed E-state index contributed by atoms with van der Waals surface area (Å²) in [6, 6.07) is 10.2. The molecule has 5 heteroatoms. The third-order valence-corrected chi connectivity index (χ3v) is 7.08. The minimum atomic E-state index is 0.807. The van der Waals surface area contributed by atoms with Gasteiger partial charge in [-0.1, -0.05) is 12.5 Å². The molecule has 0 amide bonds. The summed E-state index contributed by atoms with van der Waals surface area (Å²) < 4.78 is 0. The van der Waals surface area contributed by atoms with Gasteiger partial charge in [0, 0.05) is 36.5 Å². The van der Waals surface area contributed by atoms with E-state index in [2.05, 4.69) is 47.8 Å². The lowest BCUT2D eigenvalue weighted by atomic mass is 9.92. The molecule has 2 fully saturated rings. The summed E-state index contributed by atoms with van der Waals surface area (Å²) >= 11 is 7.43. The number of thiocarbonyl (C=S) groups is 1. The first-order valence-corrected chi connectivity index (χ1v) is 11.3. The van der Waals surface area contributed by atoms with Crippen molar-refractivity contribution in [2.24, 2.45) is 0 Å². The van der Waals surface area contributed by atoms with Crippen molar-refractivity contribution in [3.05, 3.63) is 24.3 Å². The van der Waals surface area contributed by atoms with Crippen molar-refractivity contribution < 1.29 is 4.90 Å². The zero-order chi connectivity index (χ0) is 17.6. The van der Waals surface area contributed by atoms with Gasteiger partial charge in [0.15, 0.2) is 5.11 Å². The number of quaternary nitrogens is 1. The molecule has 3 nitrogen and oxygen atoms in total. The fourth-order valence-electron chi connectivity index (χ4n) is 4.33. The second-order valence-electron chi connectivity index (χ2n) is 7.50. The number of rotatable bonds is 4. The molecule has 1 aliphatic carbocycles. The van der Waals surface area contributed by atoms with Gasteiger partial charge in [-0.25, -0.2) is 0 Å². The molecule has 0 spiro atoms. The van der Waals surface area contributed by atoms with E-state index in [1.54, 1.807) is 16.7 Å². The Hall–Kier alpha value is -0.780. The van der Waals surface area contributed by atoms with Crippen LogP contribution in [0.4, 0.5) is 5.69 Å². The number of nitrogens with zero attached hydrogens (tertiary/aromatic N) is 1. The van der Waals surface area contributed by atoms with E-state index in [1.165, 1.54) is 49.8 Å². The Labute approximate surface area is 162 Å². The molecule has 138 valence electrons. The van der Waals surface area contributed by atoms with Gasteiger partial charge in [-0.3, -0.25) is 0 Å². The Kier molecular flexibility index (Phi) is 7.02. The fraction of sp³-hybridized carbons (Fsp3) is 0.650. The first-order valence-electron chi connectivity index (χ1n) is 9.70. The van der Waals surface area contributed by atoms with Gasteiger partial charge in [-0.05, 0) is 62.4 Å². The summed E-state index contributed by atoms with van der Waals surface area (Å²) in [5.74, 6) is 0. The average Bonchev–Trinajstić information content (AvgIpc) is 2.68. The molecule has 2 aliphatic rings. The standard InChI is InChI=1S/C20H31N3S2/c1-22(17-8-4-3-5-9-17)18-11-13-23(14-12-18)20(24)21-16-7-6-10-19(15-16)25-2/h6-7,10,15,17-18H,3-5,8-9,11-14H2,1-2H3,(H,21,24)/p+1. The van der Waals surface area contributed by atoms with Crippen LogP contribution in [0.15, 0.2) is 29.2 Å². The highest BCUT2D eigenvalue weighted by Gasteiger charge is 2.31. The number of thioether (sulfide) groups is 1. The van der Waals surface area contributed by atoms with E-state index >= 15 is 0 Å². The van der Waals surface area contributed by atoms with Crippen molar-refractivity contribution in [3.8, 4) is 0 Å². The lowest BCUT2D eigenvalue weighted by Gasteiger charge is -2.39. The molecule has 1 aromatic carbocycles. The van der Waals surface area contributed by atoms with Crippen LogP contribution in [-0.2, 0) is 0 Å². The Morgan fingerprint density at radius 3 is 2.48 bits per heavy atom. The number of likely N-dealkylation sites (tertiary alicyclic amines) is 1. The van der Waals surface area contributed by atoms with Gasteiger partial charge in [0.2, 0.25) is 0 Å². The van der Waals surface area contributed by atoms with Gasteiger partial charge in [-0.2, -0.15) is 0 Å². The van der Waals surface area contributed by atoms with Crippen molar-refractivity contribution in [1.82, 2.24) is 4.90 Å². The van der Waals surface area contributed by atoms with Crippen LogP contribution < -0.4 is 10.2 Å². The second-order valence-corrected chi connectivity index (χ2v) is 8.77. The Bertz CT molecular complexity index is 564. The van der Waals surface area contributed by atoms with Crippen LogP contribution in [-0.4, -0.2) is 48.5 Å². The first kappa shape index (κ1) is 19.0. The highest BCUT2D eigenvalue weighted by atomic mass is 32.2. The third-order valence-electron chi connectivity index (χ3n) is 6.00. The van der Waals surface area contributed by atoms with E-state index in [4.69, 9.17) is 12.2 Å². The summed E-state index contributed by atoms with van der Waals surface area (Å²) in [5.41, 5.74) is 1.10. The number of anilines is 1. The monoisotopic (exact) mass is 378 g/mol. The summed E-state index contributed by atoms with van der Waals surface area (Å²) in [6.07, 6.45) is 11.8. The summed E-state index contributed by atoms with van der Waals surface area (Å²) in [6.45, 7) is 2.17. The molecule has 0 aromatic heterocycles. The SMILES string of the molecule is CSc1cccc(NC(=S)N2CCC([NH+](C)C3CCCCC3)CC2)c1. The van der Waals surface area contributed by atoms with Crippen molar-refractivity contribution in [3.63, 3.8) is 0 Å². The highest BCUT2D eigenvalue weighted by molar-refractivity contribution is 7.98. The molecule has 1 aromatic rings. The van der Waals surface area contributed by atoms with E-state index in [1.807, 2.05) is 0 Å². The van der Waals surface area contributed by atoms with Crippen LogP contribution in [0.25, 0.3) is 0 Å². The average molecular weight is 379 g/mol. The van der Waals surface area contributed by atoms with Crippen LogP contribution >= 0.6 is 24.0 Å². The van der Waals surface area contributed by atoms with Gasteiger partial charge in [-0.15, -0.1) is 11.8 Å². The summed E-state index contributed by atoms with van der Waals surface area (Å²) in [4.78, 5) is 5.40. The molecule has 1 saturated heterocycles. The minimum Gasteiger partial charge on any atom is -0.349 e. The maximum Gasteiger partial charge on any atom is 0.173 e. The van der Waals surface area contributed by atoms with Gasteiger partial charge in [0.25, 0.3) is 0 Å². The van der Waals surface area contributed by atoms with Crippen molar-refractivity contribution in [2.75, 3.05) is 31.7 Å². The number of hydrogen-bond donors (Lipinski definition) is 2. The van der Waals surface area contributed by atoms with Gasteiger partial charge in [0.05, 0.1) is 19.1 Å². The predicted octanol–water partition coefficient (Wildman–Crippen LogP) is 3.42. The smallest absolute Gasteiger partial charge is 0.173 e. The Balaban J connectivity index is 1.48. The predicted molar refractivity (Wildman–Crippen MR) is 113 cm³/mol. The first-order chi connectivity index (χ1) is 12.2. The lowest BCUT2D eigenvalue weighted by molar-refractivity contribution is -0.933.